The molecule has 8 heteroatoms. The number of carbonyl (C=O) groups excluding carboxylic acids is 2. The molecule has 1 atom stereocenters. The molecular weight excluding hydrogens is 422 g/mol. The van der Waals surface area contributed by atoms with Crippen molar-refractivity contribution < 1.29 is 9.59 Å². The Morgan fingerprint density at radius 2 is 1.78 bits per heavy atom. The van der Waals surface area contributed by atoms with Crippen molar-refractivity contribution in [3.63, 3.8) is 0 Å². The van der Waals surface area contributed by atoms with E-state index in [4.69, 9.17) is 0 Å². The highest BCUT2D eigenvalue weighted by molar-refractivity contribution is 7.12. The zero-order chi connectivity index (χ0) is 22.5. The Hall–Kier alpha value is -3.26. The summed E-state index contributed by atoms with van der Waals surface area (Å²) in [6, 6.07) is 14.8. The van der Waals surface area contributed by atoms with Gasteiger partial charge < -0.3 is 15.1 Å². The van der Waals surface area contributed by atoms with Crippen molar-refractivity contribution in [1.82, 2.24) is 20.2 Å². The summed E-state index contributed by atoms with van der Waals surface area (Å²) < 4.78 is 0. The lowest BCUT2D eigenvalue weighted by molar-refractivity contribution is -0.133. The minimum absolute atomic E-state index is 0.0477. The largest absolute Gasteiger partial charge is 0.353 e. The molecule has 0 bridgehead atoms. The summed E-state index contributed by atoms with van der Waals surface area (Å²) in [6.45, 7) is 6.41. The van der Waals surface area contributed by atoms with Gasteiger partial charge in [0.25, 0.3) is 5.91 Å². The Morgan fingerprint density at radius 1 is 1.03 bits per heavy atom. The molecule has 0 saturated carbocycles. The Balaban J connectivity index is 1.45. The Kier molecular flexibility index (Phi) is 6.80. The quantitative estimate of drug-likeness (QED) is 0.626. The average molecular weight is 450 g/mol. The molecular formula is C24H27N5O2S. The summed E-state index contributed by atoms with van der Waals surface area (Å²) >= 11 is 1.37. The maximum Gasteiger partial charge on any atom is 0.262 e. The van der Waals surface area contributed by atoms with E-state index in [1.807, 2.05) is 66.6 Å². The predicted molar refractivity (Wildman–Crippen MR) is 126 cm³/mol. The van der Waals surface area contributed by atoms with E-state index in [1.165, 1.54) is 11.3 Å². The Labute approximate surface area is 192 Å². The van der Waals surface area contributed by atoms with Gasteiger partial charge in [-0.2, -0.15) is 0 Å². The summed E-state index contributed by atoms with van der Waals surface area (Å²) in [7, 11) is 0. The lowest BCUT2D eigenvalue weighted by Crippen LogP contribution is -2.55. The number of anilines is 1. The number of aromatic nitrogens is 2. The van der Waals surface area contributed by atoms with E-state index in [0.29, 0.717) is 37.5 Å². The van der Waals surface area contributed by atoms with Crippen LogP contribution in [0.15, 0.2) is 53.9 Å². The fraction of sp³-hybridized carbons (Fsp3) is 0.333. The number of piperazine rings is 1. The van der Waals surface area contributed by atoms with Gasteiger partial charge in [-0.15, -0.1) is 11.3 Å². The molecule has 2 amide bonds. The lowest BCUT2D eigenvalue weighted by atomic mass is 10.0. The standard InChI is InChI=1S/C24H27N5O2S/c1-17-15-22(26-18(2)25-17)28-10-12-29(13-11-28)24(31)20(16-19-7-4-3-5-8-19)27-23(30)21-9-6-14-32-21/h3-9,14-15,20H,10-13,16H2,1-2H3,(H,27,30). The molecule has 0 aliphatic carbocycles. The van der Waals surface area contributed by atoms with Crippen molar-refractivity contribution in [2.24, 2.45) is 0 Å². The van der Waals surface area contributed by atoms with Crippen LogP contribution in [0.3, 0.4) is 0 Å². The lowest BCUT2D eigenvalue weighted by Gasteiger charge is -2.37. The monoisotopic (exact) mass is 449 g/mol. The summed E-state index contributed by atoms with van der Waals surface area (Å²) in [5, 5.41) is 4.83. The molecule has 7 nitrogen and oxygen atoms in total. The van der Waals surface area contributed by atoms with Gasteiger partial charge in [0.05, 0.1) is 4.88 Å². The minimum atomic E-state index is -0.609. The van der Waals surface area contributed by atoms with Crippen molar-refractivity contribution in [2.45, 2.75) is 26.3 Å². The molecule has 1 N–H and O–H groups in total. The summed E-state index contributed by atoms with van der Waals surface area (Å²) in [6.07, 6.45) is 0.460. The topological polar surface area (TPSA) is 78.4 Å². The first-order valence-electron chi connectivity index (χ1n) is 10.7. The number of nitrogens with zero attached hydrogens (tertiary/aromatic N) is 4. The molecule has 1 fully saturated rings. The van der Waals surface area contributed by atoms with Gasteiger partial charge in [0.1, 0.15) is 17.7 Å². The van der Waals surface area contributed by atoms with Crippen LogP contribution in [0.4, 0.5) is 5.82 Å². The maximum atomic E-state index is 13.4. The van der Waals surface area contributed by atoms with Crippen molar-refractivity contribution in [3.8, 4) is 0 Å². The molecule has 3 aromatic rings. The molecule has 0 radical (unpaired) electrons. The third kappa shape index (κ3) is 5.31. The molecule has 2 aromatic heterocycles. The first-order chi connectivity index (χ1) is 15.5. The van der Waals surface area contributed by atoms with Crippen molar-refractivity contribution in [3.05, 3.63) is 75.9 Å². The molecule has 1 aromatic carbocycles. The fourth-order valence-electron chi connectivity index (χ4n) is 3.92. The number of nitrogens with one attached hydrogen (secondary N) is 1. The highest BCUT2D eigenvalue weighted by atomic mass is 32.1. The number of hydrogen-bond acceptors (Lipinski definition) is 6. The Morgan fingerprint density at radius 3 is 2.44 bits per heavy atom. The first-order valence-corrected chi connectivity index (χ1v) is 11.6. The van der Waals surface area contributed by atoms with Gasteiger partial charge in [-0.3, -0.25) is 9.59 Å². The number of carbonyl (C=O) groups is 2. The van der Waals surface area contributed by atoms with E-state index in [2.05, 4.69) is 20.2 Å². The number of rotatable bonds is 6. The highest BCUT2D eigenvalue weighted by Crippen LogP contribution is 2.17. The zero-order valence-electron chi connectivity index (χ0n) is 18.3. The molecule has 1 aliphatic heterocycles. The average Bonchev–Trinajstić information content (AvgIpc) is 3.33. The van der Waals surface area contributed by atoms with E-state index < -0.39 is 6.04 Å². The van der Waals surface area contributed by atoms with Crippen molar-refractivity contribution >= 4 is 29.0 Å². The summed E-state index contributed by atoms with van der Waals surface area (Å²) in [5.41, 5.74) is 1.95. The van der Waals surface area contributed by atoms with Crippen molar-refractivity contribution in [2.75, 3.05) is 31.1 Å². The van der Waals surface area contributed by atoms with E-state index >= 15 is 0 Å². The molecule has 166 valence electrons. The number of aryl methyl sites for hydroxylation is 2. The van der Waals surface area contributed by atoms with E-state index in [0.717, 1.165) is 22.9 Å². The molecule has 32 heavy (non-hydrogen) atoms. The van der Waals surface area contributed by atoms with Crippen LogP contribution in [0.2, 0.25) is 0 Å². The Bertz CT molecular complexity index is 1040. The van der Waals surface area contributed by atoms with Crippen LogP contribution in [-0.4, -0.2) is 58.9 Å². The number of hydrogen-bond donors (Lipinski definition) is 1. The van der Waals surface area contributed by atoms with Crippen molar-refractivity contribution in [1.29, 1.82) is 0 Å². The van der Waals surface area contributed by atoms with Gasteiger partial charge in [0.15, 0.2) is 0 Å². The van der Waals surface area contributed by atoms with E-state index in [9.17, 15) is 9.59 Å². The highest BCUT2D eigenvalue weighted by Gasteiger charge is 2.29. The van der Waals surface area contributed by atoms with Gasteiger partial charge in [0.2, 0.25) is 5.91 Å². The van der Waals surface area contributed by atoms with E-state index in [1.54, 1.807) is 6.07 Å². The predicted octanol–water partition coefficient (Wildman–Crippen LogP) is 2.84. The molecule has 0 spiro atoms. The van der Waals surface area contributed by atoms with Gasteiger partial charge in [0, 0.05) is 44.4 Å². The summed E-state index contributed by atoms with van der Waals surface area (Å²) in [4.78, 5) is 39.7. The molecule has 4 rings (SSSR count). The van der Waals surface area contributed by atoms with Crippen LogP contribution < -0.4 is 10.2 Å². The maximum absolute atomic E-state index is 13.4. The minimum Gasteiger partial charge on any atom is -0.353 e. The number of thiophene rings is 1. The van der Waals surface area contributed by atoms with Gasteiger partial charge in [-0.25, -0.2) is 9.97 Å². The summed E-state index contributed by atoms with van der Waals surface area (Å²) in [5.74, 6) is 1.39. The van der Waals surface area contributed by atoms with Crippen LogP contribution in [-0.2, 0) is 11.2 Å². The number of benzene rings is 1. The molecule has 3 heterocycles. The zero-order valence-corrected chi connectivity index (χ0v) is 19.1. The second-order valence-electron chi connectivity index (χ2n) is 7.92. The van der Waals surface area contributed by atoms with Crippen LogP contribution in [0.1, 0.15) is 26.8 Å². The molecule has 1 saturated heterocycles. The smallest absolute Gasteiger partial charge is 0.262 e. The second kappa shape index (κ2) is 9.91. The second-order valence-corrected chi connectivity index (χ2v) is 8.87. The fourth-order valence-corrected chi connectivity index (χ4v) is 4.55. The first kappa shape index (κ1) is 22.0. The van der Waals surface area contributed by atoms with Crippen LogP contribution in [0.5, 0.6) is 0 Å². The van der Waals surface area contributed by atoms with Gasteiger partial charge in [-0.05, 0) is 30.9 Å². The van der Waals surface area contributed by atoms with Gasteiger partial charge in [-0.1, -0.05) is 36.4 Å². The number of amides is 2. The van der Waals surface area contributed by atoms with Gasteiger partial charge >= 0.3 is 0 Å². The third-order valence-electron chi connectivity index (χ3n) is 5.50. The van der Waals surface area contributed by atoms with Crippen LogP contribution in [0, 0.1) is 13.8 Å². The molecule has 1 aliphatic rings. The van der Waals surface area contributed by atoms with E-state index in [-0.39, 0.29) is 11.8 Å². The third-order valence-corrected chi connectivity index (χ3v) is 6.37. The SMILES string of the molecule is Cc1cc(N2CCN(C(=O)C(Cc3ccccc3)NC(=O)c3cccs3)CC2)nc(C)n1. The van der Waals surface area contributed by atoms with Crippen LogP contribution >= 0.6 is 11.3 Å². The normalized spacial score (nSPS) is 14.8. The molecule has 1 unspecified atom stereocenters. The van der Waals surface area contributed by atoms with Crippen LogP contribution in [0.25, 0.3) is 0 Å².